The van der Waals surface area contributed by atoms with Gasteiger partial charge in [0.25, 0.3) is 5.91 Å². The van der Waals surface area contributed by atoms with E-state index in [0.29, 0.717) is 6.54 Å². The van der Waals surface area contributed by atoms with Crippen LogP contribution in [0.1, 0.15) is 24.0 Å². The van der Waals surface area contributed by atoms with E-state index in [9.17, 15) is 27.6 Å². The Kier molecular flexibility index (Phi) is 7.76. The molecule has 2 N–H and O–H groups in total. The lowest BCUT2D eigenvalue weighted by Gasteiger charge is -2.13. The summed E-state index contributed by atoms with van der Waals surface area (Å²) in [7, 11) is 0. The summed E-state index contributed by atoms with van der Waals surface area (Å²) in [5, 5.41) is 4.70. The van der Waals surface area contributed by atoms with Crippen LogP contribution in [0.15, 0.2) is 54.6 Å². The average molecular weight is 408 g/mol. The van der Waals surface area contributed by atoms with Crippen molar-refractivity contribution in [3.8, 4) is 0 Å². The van der Waals surface area contributed by atoms with Crippen LogP contribution < -0.4 is 10.6 Å². The third kappa shape index (κ3) is 7.65. The molecule has 0 aliphatic carbocycles. The quantitative estimate of drug-likeness (QED) is 0.657. The standard InChI is InChI=1S/C20H19F3N2O4/c21-20(22,23)15-8-4-5-9-16(15)25-18(27)13-29-19(28)11-10-17(26)24-12-14-6-2-1-3-7-14/h1-9H,10-13H2,(H,24,26)(H,25,27). The Labute approximate surface area is 165 Å². The normalized spacial score (nSPS) is 10.9. The number of para-hydroxylation sites is 1. The number of nitrogens with one attached hydrogen (secondary N) is 2. The summed E-state index contributed by atoms with van der Waals surface area (Å²) in [6.07, 6.45) is -5.02. The van der Waals surface area contributed by atoms with Crippen molar-refractivity contribution in [2.75, 3.05) is 11.9 Å². The number of carbonyl (C=O) groups is 3. The number of carbonyl (C=O) groups excluding carboxylic acids is 3. The van der Waals surface area contributed by atoms with Gasteiger partial charge in [0.05, 0.1) is 17.7 Å². The predicted molar refractivity (Wildman–Crippen MR) is 98.6 cm³/mol. The van der Waals surface area contributed by atoms with Crippen molar-refractivity contribution < 1.29 is 32.3 Å². The molecular formula is C20H19F3N2O4. The molecular weight excluding hydrogens is 389 g/mol. The van der Waals surface area contributed by atoms with Gasteiger partial charge in [-0.25, -0.2) is 0 Å². The largest absolute Gasteiger partial charge is 0.456 e. The fourth-order valence-corrected chi connectivity index (χ4v) is 2.34. The third-order valence-electron chi connectivity index (χ3n) is 3.76. The maximum Gasteiger partial charge on any atom is 0.418 e. The van der Waals surface area contributed by atoms with Gasteiger partial charge in [-0.15, -0.1) is 0 Å². The zero-order valence-electron chi connectivity index (χ0n) is 15.3. The van der Waals surface area contributed by atoms with Crippen LogP contribution in [0.25, 0.3) is 0 Å². The number of esters is 1. The number of rotatable bonds is 8. The summed E-state index contributed by atoms with van der Waals surface area (Å²) in [5.74, 6) is -2.09. The highest BCUT2D eigenvalue weighted by atomic mass is 19.4. The van der Waals surface area contributed by atoms with Gasteiger partial charge in [-0.05, 0) is 17.7 Å². The topological polar surface area (TPSA) is 84.5 Å². The molecule has 0 heterocycles. The molecule has 0 aliphatic heterocycles. The van der Waals surface area contributed by atoms with E-state index in [2.05, 4.69) is 10.6 Å². The number of anilines is 1. The van der Waals surface area contributed by atoms with Crippen molar-refractivity contribution in [3.63, 3.8) is 0 Å². The van der Waals surface area contributed by atoms with E-state index >= 15 is 0 Å². The maximum atomic E-state index is 12.9. The van der Waals surface area contributed by atoms with Gasteiger partial charge in [0.2, 0.25) is 5.91 Å². The van der Waals surface area contributed by atoms with Gasteiger partial charge in [0.1, 0.15) is 0 Å². The first-order chi connectivity index (χ1) is 13.8. The minimum atomic E-state index is -4.63. The molecule has 0 aliphatic rings. The van der Waals surface area contributed by atoms with E-state index in [1.165, 1.54) is 12.1 Å². The molecule has 2 rings (SSSR count). The summed E-state index contributed by atoms with van der Waals surface area (Å²) in [5.41, 5.74) is -0.532. The molecule has 29 heavy (non-hydrogen) atoms. The van der Waals surface area contributed by atoms with Gasteiger partial charge in [0.15, 0.2) is 6.61 Å². The number of hydrogen-bond acceptors (Lipinski definition) is 4. The van der Waals surface area contributed by atoms with Crippen LogP contribution in [0.3, 0.4) is 0 Å². The van der Waals surface area contributed by atoms with Crippen LogP contribution >= 0.6 is 0 Å². The van der Waals surface area contributed by atoms with Gasteiger partial charge >= 0.3 is 12.1 Å². The second kappa shape index (κ2) is 10.3. The molecule has 0 saturated heterocycles. The SMILES string of the molecule is O=C(CCC(=O)OCC(=O)Nc1ccccc1C(F)(F)F)NCc1ccccc1. The van der Waals surface area contributed by atoms with E-state index in [0.717, 1.165) is 17.7 Å². The lowest BCUT2D eigenvalue weighted by Crippen LogP contribution is -2.25. The van der Waals surface area contributed by atoms with E-state index in [-0.39, 0.29) is 18.7 Å². The Morgan fingerprint density at radius 2 is 1.52 bits per heavy atom. The van der Waals surface area contributed by atoms with Gasteiger partial charge < -0.3 is 15.4 Å². The monoisotopic (exact) mass is 408 g/mol. The van der Waals surface area contributed by atoms with Crippen molar-refractivity contribution in [1.29, 1.82) is 0 Å². The molecule has 2 amide bonds. The summed E-state index contributed by atoms with van der Waals surface area (Å²) in [6, 6.07) is 13.6. The van der Waals surface area contributed by atoms with Crippen molar-refractivity contribution in [2.24, 2.45) is 0 Å². The molecule has 0 atom stereocenters. The van der Waals surface area contributed by atoms with E-state index < -0.39 is 35.9 Å². The highest BCUT2D eigenvalue weighted by molar-refractivity contribution is 5.93. The minimum absolute atomic E-state index is 0.135. The van der Waals surface area contributed by atoms with Gasteiger partial charge in [-0.1, -0.05) is 42.5 Å². The Morgan fingerprint density at radius 1 is 0.862 bits per heavy atom. The first-order valence-corrected chi connectivity index (χ1v) is 8.68. The van der Waals surface area contributed by atoms with Gasteiger partial charge in [0, 0.05) is 13.0 Å². The fraction of sp³-hybridized carbons (Fsp3) is 0.250. The van der Waals surface area contributed by atoms with Crippen molar-refractivity contribution in [2.45, 2.75) is 25.6 Å². The van der Waals surface area contributed by atoms with Crippen molar-refractivity contribution in [3.05, 3.63) is 65.7 Å². The Balaban J connectivity index is 1.71. The highest BCUT2D eigenvalue weighted by Crippen LogP contribution is 2.34. The van der Waals surface area contributed by atoms with Crippen LogP contribution in [-0.4, -0.2) is 24.4 Å². The molecule has 2 aromatic rings. The molecule has 6 nitrogen and oxygen atoms in total. The second-order valence-corrected chi connectivity index (χ2v) is 6.01. The second-order valence-electron chi connectivity index (χ2n) is 6.01. The molecule has 0 spiro atoms. The summed E-state index contributed by atoms with van der Waals surface area (Å²) < 4.78 is 43.4. The zero-order valence-corrected chi connectivity index (χ0v) is 15.3. The Bertz CT molecular complexity index is 854. The number of halogens is 3. The first kappa shape index (κ1) is 21.9. The van der Waals surface area contributed by atoms with Crippen molar-refractivity contribution in [1.82, 2.24) is 5.32 Å². The Morgan fingerprint density at radius 3 is 2.21 bits per heavy atom. The lowest BCUT2D eigenvalue weighted by atomic mass is 10.1. The van der Waals surface area contributed by atoms with Gasteiger partial charge in [-0.2, -0.15) is 13.2 Å². The van der Waals surface area contributed by atoms with Crippen LogP contribution in [0.5, 0.6) is 0 Å². The zero-order chi connectivity index (χ0) is 21.3. The molecule has 0 fully saturated rings. The van der Waals surface area contributed by atoms with Crippen LogP contribution in [0, 0.1) is 0 Å². The third-order valence-corrected chi connectivity index (χ3v) is 3.76. The fourth-order valence-electron chi connectivity index (χ4n) is 2.34. The molecule has 0 unspecified atom stereocenters. The summed E-state index contributed by atoms with van der Waals surface area (Å²) in [4.78, 5) is 35.1. The lowest BCUT2D eigenvalue weighted by molar-refractivity contribution is -0.148. The van der Waals surface area contributed by atoms with Crippen molar-refractivity contribution >= 4 is 23.5 Å². The highest BCUT2D eigenvalue weighted by Gasteiger charge is 2.33. The molecule has 2 aromatic carbocycles. The average Bonchev–Trinajstić information content (AvgIpc) is 2.69. The molecule has 0 bridgehead atoms. The smallest absolute Gasteiger partial charge is 0.418 e. The molecule has 0 radical (unpaired) electrons. The van der Waals surface area contributed by atoms with E-state index in [1.807, 2.05) is 30.3 Å². The van der Waals surface area contributed by atoms with E-state index in [4.69, 9.17) is 4.74 Å². The van der Waals surface area contributed by atoms with Crippen LogP contribution in [0.4, 0.5) is 18.9 Å². The number of amides is 2. The number of hydrogen-bond donors (Lipinski definition) is 2. The predicted octanol–water partition coefficient (Wildman–Crippen LogP) is 3.28. The maximum absolute atomic E-state index is 12.9. The first-order valence-electron chi connectivity index (χ1n) is 8.68. The summed E-state index contributed by atoms with van der Waals surface area (Å²) >= 11 is 0. The molecule has 0 aromatic heterocycles. The molecule has 0 saturated carbocycles. The van der Waals surface area contributed by atoms with Crippen LogP contribution in [-0.2, 0) is 31.8 Å². The summed E-state index contributed by atoms with van der Waals surface area (Å²) in [6.45, 7) is -0.438. The van der Waals surface area contributed by atoms with Gasteiger partial charge in [-0.3, -0.25) is 14.4 Å². The number of ether oxygens (including phenoxy) is 1. The minimum Gasteiger partial charge on any atom is -0.456 e. The van der Waals surface area contributed by atoms with Crippen LogP contribution in [0.2, 0.25) is 0 Å². The van der Waals surface area contributed by atoms with E-state index in [1.54, 1.807) is 0 Å². The number of benzene rings is 2. The molecule has 9 heteroatoms. The molecule has 154 valence electrons. The Hall–Kier alpha value is -3.36. The number of alkyl halides is 3.